The first-order valence-electron chi connectivity index (χ1n) is 7.84. The van der Waals surface area contributed by atoms with Crippen molar-refractivity contribution in [3.63, 3.8) is 0 Å². The van der Waals surface area contributed by atoms with Gasteiger partial charge in [-0.05, 0) is 43.6 Å². The highest BCUT2D eigenvalue weighted by Gasteiger charge is 2.48. The maximum Gasteiger partial charge on any atom is 0.124 e. The number of ether oxygens (including phenoxy) is 1. The molecule has 2 N–H and O–H groups in total. The van der Waals surface area contributed by atoms with E-state index >= 15 is 0 Å². The predicted molar refractivity (Wildman–Crippen MR) is 82.9 cm³/mol. The van der Waals surface area contributed by atoms with Gasteiger partial charge in [0.15, 0.2) is 0 Å². The van der Waals surface area contributed by atoms with Crippen LogP contribution in [0.3, 0.4) is 0 Å². The van der Waals surface area contributed by atoms with Crippen LogP contribution in [0.15, 0.2) is 18.2 Å². The van der Waals surface area contributed by atoms with Gasteiger partial charge < -0.3 is 10.5 Å². The molecule has 110 valence electrons. The molecule has 20 heavy (non-hydrogen) atoms. The molecule has 0 radical (unpaired) electrons. The van der Waals surface area contributed by atoms with E-state index in [2.05, 4.69) is 45.9 Å². The van der Waals surface area contributed by atoms with Gasteiger partial charge in [0.05, 0.1) is 0 Å². The lowest BCUT2D eigenvalue weighted by Gasteiger charge is -2.50. The van der Waals surface area contributed by atoms with Crippen LogP contribution in [0.1, 0.15) is 63.6 Å². The third kappa shape index (κ3) is 2.46. The Bertz CT molecular complexity index is 522. The van der Waals surface area contributed by atoms with Crippen LogP contribution < -0.4 is 10.5 Å². The van der Waals surface area contributed by atoms with Gasteiger partial charge in [-0.3, -0.25) is 0 Å². The fourth-order valence-electron chi connectivity index (χ4n) is 4.74. The van der Waals surface area contributed by atoms with Crippen molar-refractivity contribution >= 4 is 0 Å². The molecule has 2 nitrogen and oxygen atoms in total. The van der Waals surface area contributed by atoms with Crippen LogP contribution in [0.5, 0.6) is 5.75 Å². The van der Waals surface area contributed by atoms with Crippen molar-refractivity contribution in [2.75, 3.05) is 0 Å². The van der Waals surface area contributed by atoms with Crippen molar-refractivity contribution in [1.29, 1.82) is 0 Å². The minimum Gasteiger partial charge on any atom is -0.487 e. The van der Waals surface area contributed by atoms with E-state index in [1.54, 1.807) is 0 Å². The minimum atomic E-state index is -0.0527. The smallest absolute Gasteiger partial charge is 0.124 e. The Kier molecular flexibility index (Phi) is 3.13. The number of hydrogen-bond acceptors (Lipinski definition) is 2. The van der Waals surface area contributed by atoms with E-state index in [0.29, 0.717) is 11.3 Å². The summed E-state index contributed by atoms with van der Waals surface area (Å²) in [4.78, 5) is 0. The maximum atomic E-state index is 6.51. The third-order valence-electron chi connectivity index (χ3n) is 4.91. The molecule has 0 amide bonds. The molecule has 3 unspecified atom stereocenters. The Morgan fingerprint density at radius 2 is 1.95 bits per heavy atom. The molecule has 1 aliphatic heterocycles. The van der Waals surface area contributed by atoms with Crippen LogP contribution in [0, 0.1) is 18.3 Å². The second-order valence-corrected chi connectivity index (χ2v) is 7.99. The second kappa shape index (κ2) is 4.49. The molecule has 1 fully saturated rings. The first-order valence-corrected chi connectivity index (χ1v) is 7.84. The number of hydrogen-bond donors (Lipinski definition) is 1. The molecule has 1 aromatic rings. The van der Waals surface area contributed by atoms with Gasteiger partial charge in [-0.25, -0.2) is 0 Å². The van der Waals surface area contributed by atoms with E-state index in [1.807, 2.05) is 0 Å². The van der Waals surface area contributed by atoms with Gasteiger partial charge in [0, 0.05) is 18.0 Å². The summed E-state index contributed by atoms with van der Waals surface area (Å²) in [5.41, 5.74) is 9.22. The fourth-order valence-corrected chi connectivity index (χ4v) is 4.74. The van der Waals surface area contributed by atoms with Crippen LogP contribution in [0.2, 0.25) is 0 Å². The number of aryl methyl sites for hydroxylation is 1. The highest BCUT2D eigenvalue weighted by atomic mass is 16.5. The van der Waals surface area contributed by atoms with Crippen LogP contribution in [-0.4, -0.2) is 5.60 Å². The second-order valence-electron chi connectivity index (χ2n) is 7.99. The van der Waals surface area contributed by atoms with Gasteiger partial charge in [-0.1, -0.05) is 38.5 Å². The standard InChI is InChI=1S/C18H27NO/c1-12-5-6-16-14(7-12)15(19)10-18(20-16)9-13(2)8-17(3,4)11-18/h5-7,13,15H,8-11,19H2,1-4H3. The highest BCUT2D eigenvalue weighted by Crippen LogP contribution is 2.52. The molecule has 1 saturated carbocycles. The summed E-state index contributed by atoms with van der Waals surface area (Å²) in [5, 5.41) is 0. The van der Waals surface area contributed by atoms with Crippen molar-refractivity contribution in [2.45, 2.75) is 65.0 Å². The Hall–Kier alpha value is -1.02. The molecule has 0 aromatic heterocycles. The van der Waals surface area contributed by atoms with Crippen molar-refractivity contribution in [3.8, 4) is 5.75 Å². The number of nitrogens with two attached hydrogens (primary N) is 1. The lowest BCUT2D eigenvalue weighted by atomic mass is 9.63. The first-order chi connectivity index (χ1) is 9.29. The monoisotopic (exact) mass is 273 g/mol. The van der Waals surface area contributed by atoms with Gasteiger partial charge >= 0.3 is 0 Å². The van der Waals surface area contributed by atoms with E-state index in [1.165, 1.54) is 17.5 Å². The van der Waals surface area contributed by atoms with Crippen LogP contribution in [-0.2, 0) is 0 Å². The minimum absolute atomic E-state index is 0.0527. The van der Waals surface area contributed by atoms with Gasteiger partial charge in [-0.2, -0.15) is 0 Å². The van der Waals surface area contributed by atoms with E-state index in [4.69, 9.17) is 10.5 Å². The van der Waals surface area contributed by atoms with E-state index in [9.17, 15) is 0 Å². The third-order valence-corrected chi connectivity index (χ3v) is 4.91. The zero-order valence-electron chi connectivity index (χ0n) is 13.2. The summed E-state index contributed by atoms with van der Waals surface area (Å²) in [6.07, 6.45) is 4.49. The van der Waals surface area contributed by atoms with Crippen molar-refractivity contribution in [1.82, 2.24) is 0 Å². The SMILES string of the molecule is Cc1ccc2c(c1)C(N)CC1(CC(C)CC(C)(C)C1)O2. The number of fused-ring (bicyclic) bond motifs is 1. The molecule has 0 saturated heterocycles. The Morgan fingerprint density at radius 1 is 1.20 bits per heavy atom. The lowest BCUT2D eigenvalue weighted by Crippen LogP contribution is -2.50. The van der Waals surface area contributed by atoms with Gasteiger partial charge in [-0.15, -0.1) is 0 Å². The maximum absolute atomic E-state index is 6.51. The number of rotatable bonds is 0. The molecule has 1 aliphatic carbocycles. The average Bonchev–Trinajstić information content (AvgIpc) is 2.27. The normalized spacial score (nSPS) is 35.5. The van der Waals surface area contributed by atoms with Gasteiger partial charge in [0.25, 0.3) is 0 Å². The van der Waals surface area contributed by atoms with E-state index in [-0.39, 0.29) is 11.6 Å². The van der Waals surface area contributed by atoms with Crippen molar-refractivity contribution < 1.29 is 4.74 Å². The quantitative estimate of drug-likeness (QED) is 0.762. The van der Waals surface area contributed by atoms with E-state index < -0.39 is 0 Å². The molecule has 1 heterocycles. The fraction of sp³-hybridized carbons (Fsp3) is 0.667. The topological polar surface area (TPSA) is 35.2 Å². The molecule has 3 atom stereocenters. The Balaban J connectivity index is 1.96. The summed E-state index contributed by atoms with van der Waals surface area (Å²) in [5.74, 6) is 1.72. The van der Waals surface area contributed by atoms with Gasteiger partial charge in [0.1, 0.15) is 11.4 Å². The average molecular weight is 273 g/mol. The highest BCUT2D eigenvalue weighted by molar-refractivity contribution is 5.41. The molecule has 2 aliphatic rings. The molecule has 1 spiro atoms. The predicted octanol–water partition coefficient (Wildman–Crippen LogP) is 4.36. The van der Waals surface area contributed by atoms with Gasteiger partial charge in [0.2, 0.25) is 0 Å². The summed E-state index contributed by atoms with van der Waals surface area (Å²) >= 11 is 0. The molecular weight excluding hydrogens is 246 g/mol. The Labute approximate surface area is 122 Å². The largest absolute Gasteiger partial charge is 0.487 e. The zero-order valence-corrected chi connectivity index (χ0v) is 13.2. The van der Waals surface area contributed by atoms with Crippen molar-refractivity contribution in [3.05, 3.63) is 29.3 Å². The van der Waals surface area contributed by atoms with Crippen LogP contribution in [0.25, 0.3) is 0 Å². The Morgan fingerprint density at radius 3 is 2.65 bits per heavy atom. The summed E-state index contributed by atoms with van der Waals surface area (Å²) < 4.78 is 6.51. The number of benzene rings is 1. The molecule has 0 bridgehead atoms. The molecule has 1 aromatic carbocycles. The summed E-state index contributed by atoms with van der Waals surface area (Å²) in [7, 11) is 0. The lowest BCUT2D eigenvalue weighted by molar-refractivity contribution is -0.0571. The molecule has 3 rings (SSSR count). The summed E-state index contributed by atoms with van der Waals surface area (Å²) in [6, 6.07) is 6.53. The molecular formula is C18H27NO. The molecule has 2 heteroatoms. The first kappa shape index (κ1) is 13.9. The zero-order chi connectivity index (χ0) is 14.5. The van der Waals surface area contributed by atoms with E-state index in [0.717, 1.165) is 25.0 Å². The van der Waals surface area contributed by atoms with Crippen LogP contribution in [0.4, 0.5) is 0 Å². The summed E-state index contributed by atoms with van der Waals surface area (Å²) in [6.45, 7) is 9.19. The van der Waals surface area contributed by atoms with Crippen molar-refractivity contribution in [2.24, 2.45) is 17.1 Å². The van der Waals surface area contributed by atoms with Crippen LogP contribution >= 0.6 is 0 Å².